The third kappa shape index (κ3) is 4.24. The zero-order valence-electron chi connectivity index (χ0n) is 11.3. The number of ether oxygens (including phenoxy) is 1. The van der Waals surface area contributed by atoms with Crippen LogP contribution in [0, 0.1) is 0 Å². The van der Waals surface area contributed by atoms with E-state index in [9.17, 15) is 21.6 Å². The van der Waals surface area contributed by atoms with Gasteiger partial charge in [-0.3, -0.25) is 4.72 Å². The molecule has 0 atom stereocenters. The molecular formula is C12H15F3N2O3S. The first-order valence-corrected chi connectivity index (χ1v) is 8.08. The fraction of sp³-hybridized carbons (Fsp3) is 0.500. The van der Waals surface area contributed by atoms with Gasteiger partial charge in [-0.2, -0.15) is 13.2 Å². The smallest absolute Gasteiger partial charge is 0.378 e. The maximum absolute atomic E-state index is 12.8. The van der Waals surface area contributed by atoms with Crippen LogP contribution in [0.3, 0.4) is 0 Å². The molecular weight excluding hydrogens is 309 g/mol. The van der Waals surface area contributed by atoms with E-state index in [0.29, 0.717) is 32.0 Å². The van der Waals surface area contributed by atoms with Crippen molar-refractivity contribution in [1.82, 2.24) is 0 Å². The first-order chi connectivity index (χ1) is 9.67. The number of alkyl halides is 3. The van der Waals surface area contributed by atoms with E-state index < -0.39 is 21.8 Å². The number of halogens is 3. The lowest BCUT2D eigenvalue weighted by Gasteiger charge is -2.30. The van der Waals surface area contributed by atoms with Crippen LogP contribution < -0.4 is 9.62 Å². The summed E-state index contributed by atoms with van der Waals surface area (Å²) in [6, 6.07) is 3.03. The molecule has 0 radical (unpaired) electrons. The Kier molecular flexibility index (Phi) is 4.33. The Balaban J connectivity index is 2.43. The molecule has 0 spiro atoms. The van der Waals surface area contributed by atoms with Crippen LogP contribution in [-0.2, 0) is 20.9 Å². The quantitative estimate of drug-likeness (QED) is 0.923. The first kappa shape index (κ1) is 15.9. The molecule has 2 rings (SSSR count). The molecule has 1 saturated heterocycles. The van der Waals surface area contributed by atoms with Gasteiger partial charge in [-0.25, -0.2) is 8.42 Å². The Morgan fingerprint density at radius 2 is 1.86 bits per heavy atom. The minimum atomic E-state index is -4.53. The minimum absolute atomic E-state index is 0.0748. The van der Waals surface area contributed by atoms with Crippen LogP contribution in [0.25, 0.3) is 0 Å². The van der Waals surface area contributed by atoms with Gasteiger partial charge in [0.25, 0.3) is 0 Å². The number of hydrogen-bond acceptors (Lipinski definition) is 4. The second-order valence-corrected chi connectivity index (χ2v) is 6.45. The van der Waals surface area contributed by atoms with Gasteiger partial charge in [-0.15, -0.1) is 0 Å². The molecule has 1 heterocycles. The molecule has 0 saturated carbocycles. The van der Waals surface area contributed by atoms with Crippen LogP contribution in [0.15, 0.2) is 18.2 Å². The number of benzene rings is 1. The fourth-order valence-corrected chi connectivity index (χ4v) is 2.64. The third-order valence-corrected chi connectivity index (χ3v) is 3.56. The van der Waals surface area contributed by atoms with Gasteiger partial charge in [0.05, 0.1) is 36.4 Å². The van der Waals surface area contributed by atoms with Gasteiger partial charge in [0.1, 0.15) is 0 Å². The predicted octanol–water partition coefficient (Wildman–Crippen LogP) is 1.91. The number of anilines is 2. The molecule has 21 heavy (non-hydrogen) atoms. The standard InChI is InChI=1S/C12H15F3N2O3S/c1-21(18,19)16-10-8-9(12(13,14)15)2-3-11(10)17-4-6-20-7-5-17/h2-3,8,16H,4-7H2,1H3. The summed E-state index contributed by atoms with van der Waals surface area (Å²) in [6.07, 6.45) is -3.63. The Morgan fingerprint density at radius 3 is 2.38 bits per heavy atom. The van der Waals surface area contributed by atoms with Gasteiger partial charge in [-0.05, 0) is 18.2 Å². The number of nitrogens with zero attached hydrogens (tertiary/aromatic N) is 1. The zero-order chi connectivity index (χ0) is 15.7. The summed E-state index contributed by atoms with van der Waals surface area (Å²) in [6.45, 7) is 1.87. The molecule has 1 N–H and O–H groups in total. The minimum Gasteiger partial charge on any atom is -0.378 e. The number of morpholine rings is 1. The van der Waals surface area contributed by atoms with Crippen molar-refractivity contribution in [2.45, 2.75) is 6.18 Å². The molecule has 1 aromatic rings. The van der Waals surface area contributed by atoms with E-state index in [1.165, 1.54) is 6.07 Å². The summed E-state index contributed by atoms with van der Waals surface area (Å²) in [4.78, 5) is 1.79. The monoisotopic (exact) mass is 324 g/mol. The summed E-state index contributed by atoms with van der Waals surface area (Å²) < 4.78 is 68.3. The molecule has 1 fully saturated rings. The second kappa shape index (κ2) is 5.72. The molecule has 118 valence electrons. The summed E-state index contributed by atoms with van der Waals surface area (Å²) in [7, 11) is -3.68. The molecule has 1 aliphatic rings. The Morgan fingerprint density at radius 1 is 1.24 bits per heavy atom. The lowest BCUT2D eigenvalue weighted by atomic mass is 10.1. The predicted molar refractivity (Wildman–Crippen MR) is 72.9 cm³/mol. The molecule has 5 nitrogen and oxygen atoms in total. The molecule has 0 amide bonds. The van der Waals surface area contributed by atoms with Crippen LogP contribution >= 0.6 is 0 Å². The van der Waals surface area contributed by atoms with Crippen molar-refractivity contribution in [2.24, 2.45) is 0 Å². The van der Waals surface area contributed by atoms with E-state index in [1.54, 1.807) is 4.90 Å². The lowest BCUT2D eigenvalue weighted by Crippen LogP contribution is -2.36. The van der Waals surface area contributed by atoms with Crippen molar-refractivity contribution in [1.29, 1.82) is 0 Å². The maximum Gasteiger partial charge on any atom is 0.416 e. The van der Waals surface area contributed by atoms with Gasteiger partial charge in [0.2, 0.25) is 10.0 Å². The fourth-order valence-electron chi connectivity index (χ4n) is 2.07. The molecule has 0 aliphatic carbocycles. The zero-order valence-corrected chi connectivity index (χ0v) is 12.1. The van der Waals surface area contributed by atoms with Crippen molar-refractivity contribution in [3.05, 3.63) is 23.8 Å². The summed E-state index contributed by atoms with van der Waals surface area (Å²) in [5.74, 6) is 0. The average Bonchev–Trinajstić information content (AvgIpc) is 2.36. The highest BCUT2D eigenvalue weighted by atomic mass is 32.2. The van der Waals surface area contributed by atoms with E-state index >= 15 is 0 Å². The Hall–Kier alpha value is -1.48. The summed E-state index contributed by atoms with van der Waals surface area (Å²) in [5.41, 5.74) is -0.559. The molecule has 9 heteroatoms. The molecule has 0 aromatic heterocycles. The van der Waals surface area contributed by atoms with Crippen LogP contribution in [0.1, 0.15) is 5.56 Å². The molecule has 1 aromatic carbocycles. The largest absolute Gasteiger partial charge is 0.416 e. The Labute approximate surface area is 120 Å². The molecule has 1 aliphatic heterocycles. The maximum atomic E-state index is 12.8. The van der Waals surface area contributed by atoms with Crippen LogP contribution in [0.2, 0.25) is 0 Å². The van der Waals surface area contributed by atoms with Crippen LogP contribution in [0.5, 0.6) is 0 Å². The lowest BCUT2D eigenvalue weighted by molar-refractivity contribution is -0.137. The van der Waals surface area contributed by atoms with Gasteiger partial charge in [-0.1, -0.05) is 0 Å². The van der Waals surface area contributed by atoms with E-state index in [4.69, 9.17) is 4.74 Å². The van der Waals surface area contributed by atoms with Crippen molar-refractivity contribution in [3.63, 3.8) is 0 Å². The third-order valence-electron chi connectivity index (χ3n) is 2.97. The van der Waals surface area contributed by atoms with Crippen molar-refractivity contribution >= 4 is 21.4 Å². The highest BCUT2D eigenvalue weighted by molar-refractivity contribution is 7.92. The average molecular weight is 324 g/mol. The van der Waals surface area contributed by atoms with Gasteiger partial charge in [0, 0.05) is 13.1 Å². The Bertz CT molecular complexity index is 611. The summed E-state index contributed by atoms with van der Waals surface area (Å²) in [5, 5.41) is 0. The van der Waals surface area contributed by atoms with Crippen molar-refractivity contribution < 1.29 is 26.3 Å². The van der Waals surface area contributed by atoms with Crippen molar-refractivity contribution in [2.75, 3.05) is 42.2 Å². The van der Waals surface area contributed by atoms with Crippen LogP contribution in [0.4, 0.5) is 24.5 Å². The van der Waals surface area contributed by atoms with E-state index in [-0.39, 0.29) is 5.69 Å². The van der Waals surface area contributed by atoms with Crippen LogP contribution in [-0.4, -0.2) is 41.0 Å². The van der Waals surface area contributed by atoms with E-state index in [1.807, 2.05) is 0 Å². The highest BCUT2D eigenvalue weighted by Gasteiger charge is 2.32. The number of rotatable bonds is 3. The summed E-state index contributed by atoms with van der Waals surface area (Å²) >= 11 is 0. The van der Waals surface area contributed by atoms with Gasteiger partial charge >= 0.3 is 6.18 Å². The molecule has 0 unspecified atom stereocenters. The van der Waals surface area contributed by atoms with Crippen molar-refractivity contribution in [3.8, 4) is 0 Å². The highest BCUT2D eigenvalue weighted by Crippen LogP contribution is 2.36. The number of sulfonamides is 1. The van der Waals surface area contributed by atoms with E-state index in [0.717, 1.165) is 18.4 Å². The number of nitrogens with one attached hydrogen (secondary N) is 1. The number of hydrogen-bond donors (Lipinski definition) is 1. The van der Waals surface area contributed by atoms with Gasteiger partial charge in [0.15, 0.2) is 0 Å². The normalized spacial score (nSPS) is 16.9. The topological polar surface area (TPSA) is 58.6 Å². The molecule has 0 bridgehead atoms. The van der Waals surface area contributed by atoms with E-state index in [2.05, 4.69) is 4.72 Å². The first-order valence-electron chi connectivity index (χ1n) is 6.18. The van der Waals surface area contributed by atoms with Gasteiger partial charge < -0.3 is 9.64 Å². The SMILES string of the molecule is CS(=O)(=O)Nc1cc(C(F)(F)F)ccc1N1CCOCC1. The second-order valence-electron chi connectivity index (χ2n) is 4.70.